The molecule has 1 spiro atoms. The average Bonchev–Trinajstić information content (AvgIpc) is 2.51. The molecule has 0 N–H and O–H groups in total. The van der Waals surface area contributed by atoms with Gasteiger partial charge in [-0.2, -0.15) is 0 Å². The van der Waals surface area contributed by atoms with Crippen molar-refractivity contribution in [3.63, 3.8) is 0 Å². The summed E-state index contributed by atoms with van der Waals surface area (Å²) >= 11 is 12.2. The molecule has 1 atom stereocenters. The van der Waals surface area contributed by atoms with E-state index in [0.717, 1.165) is 19.3 Å². The number of ketones is 1. The molecule has 1 aliphatic heterocycles. The van der Waals surface area contributed by atoms with Crippen LogP contribution in [0.1, 0.15) is 57.6 Å². The van der Waals surface area contributed by atoms with Gasteiger partial charge in [-0.25, -0.2) is 0 Å². The Balaban J connectivity index is 2.02. The van der Waals surface area contributed by atoms with Crippen molar-refractivity contribution < 1.29 is 14.3 Å². The Bertz CT molecular complexity index is 660. The van der Waals surface area contributed by atoms with E-state index in [2.05, 4.69) is 0 Å². The number of hydrogen-bond donors (Lipinski definition) is 0. The molecule has 1 aromatic rings. The van der Waals surface area contributed by atoms with Crippen molar-refractivity contribution in [2.24, 2.45) is 10.8 Å². The molecule has 3 rings (SSSR count). The third kappa shape index (κ3) is 2.58. The van der Waals surface area contributed by atoms with E-state index in [1.165, 1.54) is 0 Å². The summed E-state index contributed by atoms with van der Waals surface area (Å²) < 4.78 is 5.78. The summed E-state index contributed by atoms with van der Waals surface area (Å²) in [6.07, 6.45) is 3.35. The van der Waals surface area contributed by atoms with E-state index < -0.39 is 22.9 Å². The zero-order chi connectivity index (χ0) is 16.8. The van der Waals surface area contributed by atoms with Gasteiger partial charge in [-0.15, -0.1) is 0 Å². The second-order valence-electron chi connectivity index (χ2n) is 7.14. The van der Waals surface area contributed by atoms with Crippen LogP contribution in [0.5, 0.6) is 0 Å². The average molecular weight is 355 g/mol. The summed E-state index contributed by atoms with van der Waals surface area (Å²) in [4.78, 5) is 25.9. The van der Waals surface area contributed by atoms with Gasteiger partial charge in [0.1, 0.15) is 11.5 Å². The number of carbonyl (C=O) groups excluding carboxylic acids is 2. The Kier molecular flexibility index (Phi) is 4.22. The second kappa shape index (κ2) is 5.78. The third-order valence-corrected chi connectivity index (χ3v) is 5.81. The molecule has 3 nitrogen and oxygen atoms in total. The highest BCUT2D eigenvalue weighted by Crippen LogP contribution is 2.53. The Morgan fingerprint density at radius 3 is 2.35 bits per heavy atom. The van der Waals surface area contributed by atoms with E-state index in [1.807, 2.05) is 13.8 Å². The van der Waals surface area contributed by atoms with Crippen molar-refractivity contribution in [3.8, 4) is 0 Å². The van der Waals surface area contributed by atoms with Crippen LogP contribution in [0.3, 0.4) is 0 Å². The summed E-state index contributed by atoms with van der Waals surface area (Å²) in [5.41, 5.74) is -1.15. The molecule has 124 valence electrons. The molecule has 5 heteroatoms. The van der Waals surface area contributed by atoms with E-state index in [4.69, 9.17) is 27.9 Å². The lowest BCUT2D eigenvalue weighted by atomic mass is 9.60. The fraction of sp³-hybridized carbons (Fsp3) is 0.556. The van der Waals surface area contributed by atoms with Gasteiger partial charge in [0.15, 0.2) is 5.78 Å². The number of Topliss-reactive ketones (excluding diaryl/α,β-unsaturated/α-hetero) is 1. The number of esters is 1. The highest BCUT2D eigenvalue weighted by molar-refractivity contribution is 6.35. The number of benzene rings is 1. The van der Waals surface area contributed by atoms with Crippen molar-refractivity contribution in [1.82, 2.24) is 0 Å². The molecule has 0 bridgehead atoms. The van der Waals surface area contributed by atoms with E-state index in [1.54, 1.807) is 18.2 Å². The normalized spacial score (nSPS) is 26.2. The van der Waals surface area contributed by atoms with Crippen LogP contribution in [-0.2, 0) is 14.3 Å². The molecule has 23 heavy (non-hydrogen) atoms. The minimum Gasteiger partial charge on any atom is -0.456 e. The molecular formula is C18H20Cl2O3. The van der Waals surface area contributed by atoms with Gasteiger partial charge in [0.05, 0.1) is 5.41 Å². The topological polar surface area (TPSA) is 43.4 Å². The first-order valence-corrected chi connectivity index (χ1v) is 8.75. The lowest BCUT2D eigenvalue weighted by Crippen LogP contribution is -2.55. The van der Waals surface area contributed by atoms with Crippen LogP contribution in [0, 0.1) is 10.8 Å². The van der Waals surface area contributed by atoms with Crippen molar-refractivity contribution in [2.75, 3.05) is 0 Å². The predicted octanol–water partition coefficient (Wildman–Crippen LogP) is 5.14. The van der Waals surface area contributed by atoms with E-state index in [9.17, 15) is 9.59 Å². The number of ether oxygens (including phenoxy) is 1. The summed E-state index contributed by atoms with van der Waals surface area (Å²) in [6.45, 7) is 3.68. The van der Waals surface area contributed by atoms with Gasteiger partial charge in [0, 0.05) is 15.6 Å². The van der Waals surface area contributed by atoms with Gasteiger partial charge in [-0.1, -0.05) is 48.5 Å². The standard InChI is InChI=1S/C18H20Cl2O3/c1-17(2)14(12-7-6-11(19)10-13(12)20)23-16(22)18(15(17)21)8-4-3-5-9-18/h6-7,10,14H,3-5,8-9H2,1-2H3. The number of cyclic esters (lactones) is 1. The largest absolute Gasteiger partial charge is 0.456 e. The lowest BCUT2D eigenvalue weighted by molar-refractivity contribution is -0.192. The maximum absolute atomic E-state index is 13.2. The molecule has 1 heterocycles. The zero-order valence-electron chi connectivity index (χ0n) is 13.3. The Labute approximate surface area is 146 Å². The predicted molar refractivity (Wildman–Crippen MR) is 89.6 cm³/mol. The molecule has 1 aliphatic carbocycles. The van der Waals surface area contributed by atoms with E-state index >= 15 is 0 Å². The van der Waals surface area contributed by atoms with Crippen LogP contribution in [0.15, 0.2) is 18.2 Å². The summed E-state index contributed by atoms with van der Waals surface area (Å²) in [6, 6.07) is 5.04. The molecular weight excluding hydrogens is 335 g/mol. The Morgan fingerprint density at radius 1 is 1.09 bits per heavy atom. The van der Waals surface area contributed by atoms with Crippen molar-refractivity contribution in [3.05, 3.63) is 33.8 Å². The summed E-state index contributed by atoms with van der Waals surface area (Å²) in [5.74, 6) is -0.408. The minimum atomic E-state index is -0.961. The van der Waals surface area contributed by atoms with Gasteiger partial charge < -0.3 is 4.74 Å². The van der Waals surface area contributed by atoms with E-state index in [-0.39, 0.29) is 5.78 Å². The Morgan fingerprint density at radius 2 is 1.74 bits per heavy atom. The fourth-order valence-electron chi connectivity index (χ4n) is 3.95. The SMILES string of the molecule is CC1(C)C(=O)C2(CCCCC2)C(=O)OC1c1ccc(Cl)cc1Cl. The van der Waals surface area contributed by atoms with Crippen LogP contribution in [0.25, 0.3) is 0 Å². The smallest absolute Gasteiger partial charge is 0.320 e. The quantitative estimate of drug-likeness (QED) is 0.518. The maximum atomic E-state index is 13.2. The first-order valence-electron chi connectivity index (χ1n) is 8.00. The van der Waals surface area contributed by atoms with Gasteiger partial charge in [0.2, 0.25) is 0 Å². The number of halogens is 2. The van der Waals surface area contributed by atoms with Crippen LogP contribution in [0.4, 0.5) is 0 Å². The van der Waals surface area contributed by atoms with Crippen LogP contribution >= 0.6 is 23.2 Å². The molecule has 0 amide bonds. The highest BCUT2D eigenvalue weighted by Gasteiger charge is 2.60. The second-order valence-corrected chi connectivity index (χ2v) is 7.99. The fourth-order valence-corrected chi connectivity index (χ4v) is 4.46. The molecule has 1 saturated carbocycles. The maximum Gasteiger partial charge on any atom is 0.320 e. The summed E-state index contributed by atoms with van der Waals surface area (Å²) in [7, 11) is 0. The molecule has 1 saturated heterocycles. The number of hydrogen-bond acceptors (Lipinski definition) is 3. The summed E-state index contributed by atoms with van der Waals surface area (Å²) in [5, 5.41) is 0.921. The third-order valence-electron chi connectivity index (χ3n) is 5.24. The van der Waals surface area contributed by atoms with Crippen LogP contribution in [-0.4, -0.2) is 11.8 Å². The van der Waals surface area contributed by atoms with Crippen LogP contribution in [0.2, 0.25) is 10.0 Å². The van der Waals surface area contributed by atoms with Gasteiger partial charge >= 0.3 is 5.97 Å². The molecule has 2 aliphatic rings. The molecule has 0 radical (unpaired) electrons. The van der Waals surface area contributed by atoms with Crippen molar-refractivity contribution in [1.29, 1.82) is 0 Å². The monoisotopic (exact) mass is 354 g/mol. The first-order chi connectivity index (χ1) is 10.8. The Hall–Kier alpha value is -1.06. The minimum absolute atomic E-state index is 0.0167. The highest BCUT2D eigenvalue weighted by atomic mass is 35.5. The van der Waals surface area contributed by atoms with Crippen molar-refractivity contribution >= 4 is 35.0 Å². The number of carbonyl (C=O) groups is 2. The lowest BCUT2D eigenvalue weighted by Gasteiger charge is -2.47. The van der Waals surface area contributed by atoms with Crippen molar-refractivity contribution in [2.45, 2.75) is 52.1 Å². The van der Waals surface area contributed by atoms with Gasteiger partial charge in [-0.05, 0) is 38.8 Å². The number of rotatable bonds is 1. The molecule has 1 unspecified atom stereocenters. The van der Waals surface area contributed by atoms with E-state index in [0.29, 0.717) is 28.5 Å². The molecule has 1 aromatic carbocycles. The first kappa shape index (κ1) is 16.8. The molecule has 2 fully saturated rings. The zero-order valence-corrected chi connectivity index (χ0v) is 14.8. The van der Waals surface area contributed by atoms with Crippen LogP contribution < -0.4 is 0 Å². The molecule has 0 aromatic heterocycles. The van der Waals surface area contributed by atoms with Gasteiger partial charge in [-0.3, -0.25) is 9.59 Å². The van der Waals surface area contributed by atoms with Gasteiger partial charge in [0.25, 0.3) is 0 Å².